The van der Waals surface area contributed by atoms with E-state index in [0.29, 0.717) is 13.0 Å². The summed E-state index contributed by atoms with van der Waals surface area (Å²) in [6.45, 7) is 0.580. The molecule has 1 saturated heterocycles. The fourth-order valence-corrected chi connectivity index (χ4v) is 2.09. The van der Waals surface area contributed by atoms with Crippen molar-refractivity contribution in [2.24, 2.45) is 5.92 Å². The van der Waals surface area contributed by atoms with E-state index in [2.05, 4.69) is 10.6 Å². The highest BCUT2D eigenvalue weighted by Gasteiger charge is 2.25. The van der Waals surface area contributed by atoms with Gasteiger partial charge in [-0.25, -0.2) is 0 Å². The predicted octanol–water partition coefficient (Wildman–Crippen LogP) is 1.22. The Morgan fingerprint density at radius 1 is 1.32 bits per heavy atom. The van der Waals surface area contributed by atoms with Gasteiger partial charge in [0.2, 0.25) is 11.8 Å². The Hall–Kier alpha value is -2.04. The summed E-state index contributed by atoms with van der Waals surface area (Å²) in [4.78, 5) is 25.3. The number of carbonyl (C=O) groups excluding carboxylic acids is 2. The van der Waals surface area contributed by atoms with E-state index in [4.69, 9.17) is 0 Å². The van der Waals surface area contributed by atoms with Crippen LogP contribution in [0, 0.1) is 5.92 Å². The van der Waals surface area contributed by atoms with E-state index in [-0.39, 0.29) is 24.2 Å². The number of nitrogens with zero attached hydrogens (tertiary/aromatic N) is 1. The molecule has 1 aliphatic rings. The van der Waals surface area contributed by atoms with Crippen molar-refractivity contribution in [2.75, 3.05) is 30.9 Å². The van der Waals surface area contributed by atoms with E-state index in [1.54, 1.807) is 0 Å². The van der Waals surface area contributed by atoms with E-state index >= 15 is 0 Å². The lowest BCUT2D eigenvalue weighted by Crippen LogP contribution is -2.38. The Bertz CT molecular complexity index is 468. The van der Waals surface area contributed by atoms with Crippen molar-refractivity contribution in [2.45, 2.75) is 12.8 Å². The van der Waals surface area contributed by atoms with E-state index in [1.807, 2.05) is 43.3 Å². The lowest BCUT2D eigenvalue weighted by atomic mass is 9.96. The third kappa shape index (κ3) is 3.47. The minimum atomic E-state index is -0.220. The maximum absolute atomic E-state index is 12.0. The average molecular weight is 261 g/mol. The van der Waals surface area contributed by atoms with Crippen molar-refractivity contribution < 1.29 is 9.59 Å². The number of benzene rings is 1. The first-order chi connectivity index (χ1) is 9.06. The summed E-state index contributed by atoms with van der Waals surface area (Å²) in [5.41, 5.74) is 1.84. The molecule has 2 N–H and O–H groups in total. The molecular formula is C14H19N3O2. The van der Waals surface area contributed by atoms with Crippen molar-refractivity contribution in [1.29, 1.82) is 0 Å². The van der Waals surface area contributed by atoms with Gasteiger partial charge in [0.15, 0.2) is 0 Å². The van der Waals surface area contributed by atoms with Crippen LogP contribution in [0.2, 0.25) is 0 Å². The Morgan fingerprint density at radius 3 is 2.58 bits per heavy atom. The highest BCUT2D eigenvalue weighted by molar-refractivity contribution is 5.95. The van der Waals surface area contributed by atoms with Crippen LogP contribution in [0.5, 0.6) is 0 Å². The van der Waals surface area contributed by atoms with Crippen LogP contribution in [-0.4, -0.2) is 32.5 Å². The number of anilines is 2. The van der Waals surface area contributed by atoms with Crippen molar-refractivity contribution in [3.05, 3.63) is 24.3 Å². The monoisotopic (exact) mass is 261 g/mol. The van der Waals surface area contributed by atoms with Gasteiger partial charge >= 0.3 is 0 Å². The minimum absolute atomic E-state index is 0.0469. The van der Waals surface area contributed by atoms with Crippen molar-refractivity contribution in [1.82, 2.24) is 5.32 Å². The molecule has 0 bridgehead atoms. The molecule has 5 nitrogen and oxygen atoms in total. The Kier molecular flexibility index (Phi) is 4.04. The maximum Gasteiger partial charge on any atom is 0.228 e. The van der Waals surface area contributed by atoms with Crippen LogP contribution in [0.4, 0.5) is 11.4 Å². The summed E-state index contributed by atoms with van der Waals surface area (Å²) < 4.78 is 0. The molecule has 2 amide bonds. The number of carbonyl (C=O) groups is 2. The molecule has 19 heavy (non-hydrogen) atoms. The molecular weight excluding hydrogens is 242 g/mol. The number of hydrogen-bond acceptors (Lipinski definition) is 3. The van der Waals surface area contributed by atoms with Crippen LogP contribution in [0.1, 0.15) is 12.8 Å². The normalized spacial score (nSPS) is 18.6. The summed E-state index contributed by atoms with van der Waals surface area (Å²) in [7, 11) is 3.93. The summed E-state index contributed by atoms with van der Waals surface area (Å²) in [5, 5.41) is 5.59. The topological polar surface area (TPSA) is 61.4 Å². The fourth-order valence-electron chi connectivity index (χ4n) is 2.09. The maximum atomic E-state index is 12.0. The zero-order valence-corrected chi connectivity index (χ0v) is 11.3. The highest BCUT2D eigenvalue weighted by Crippen LogP contribution is 2.19. The van der Waals surface area contributed by atoms with Gasteiger partial charge in [0.25, 0.3) is 0 Å². The molecule has 1 aromatic rings. The number of piperidine rings is 1. The Labute approximate surface area is 113 Å². The molecule has 1 fully saturated rings. The molecule has 1 atom stereocenters. The summed E-state index contributed by atoms with van der Waals surface area (Å²) in [5.74, 6) is -0.343. The van der Waals surface area contributed by atoms with Crippen LogP contribution in [0.3, 0.4) is 0 Å². The first-order valence-corrected chi connectivity index (χ1v) is 6.41. The molecule has 1 unspecified atom stereocenters. The van der Waals surface area contributed by atoms with Gasteiger partial charge in [-0.15, -0.1) is 0 Å². The molecule has 1 aromatic carbocycles. The number of nitrogens with one attached hydrogen (secondary N) is 2. The second kappa shape index (κ2) is 5.73. The predicted molar refractivity (Wildman–Crippen MR) is 75.1 cm³/mol. The quantitative estimate of drug-likeness (QED) is 0.860. The Balaban J connectivity index is 1.96. The third-order valence-electron chi connectivity index (χ3n) is 3.27. The largest absolute Gasteiger partial charge is 0.378 e. The average Bonchev–Trinajstić information content (AvgIpc) is 2.39. The summed E-state index contributed by atoms with van der Waals surface area (Å²) >= 11 is 0. The van der Waals surface area contributed by atoms with Gasteiger partial charge in [-0.05, 0) is 30.7 Å². The number of rotatable bonds is 3. The Morgan fingerprint density at radius 2 is 2.00 bits per heavy atom. The molecule has 2 rings (SSSR count). The summed E-state index contributed by atoms with van der Waals surface area (Å²) in [6, 6.07) is 7.64. The van der Waals surface area contributed by atoms with Crippen LogP contribution in [0.15, 0.2) is 24.3 Å². The van der Waals surface area contributed by atoms with Gasteiger partial charge in [0, 0.05) is 44.4 Å². The molecule has 0 saturated carbocycles. The van der Waals surface area contributed by atoms with E-state index in [0.717, 1.165) is 11.4 Å². The zero-order chi connectivity index (χ0) is 13.8. The van der Waals surface area contributed by atoms with Crippen LogP contribution >= 0.6 is 0 Å². The molecule has 0 spiro atoms. The molecule has 0 radical (unpaired) electrons. The van der Waals surface area contributed by atoms with Crippen LogP contribution < -0.4 is 15.5 Å². The molecule has 1 aliphatic heterocycles. The second-order valence-electron chi connectivity index (χ2n) is 4.97. The first-order valence-electron chi connectivity index (χ1n) is 6.41. The van der Waals surface area contributed by atoms with Crippen molar-refractivity contribution in [3.63, 3.8) is 0 Å². The van der Waals surface area contributed by atoms with Gasteiger partial charge in [-0.2, -0.15) is 0 Å². The van der Waals surface area contributed by atoms with Gasteiger partial charge in [-0.1, -0.05) is 0 Å². The molecule has 5 heteroatoms. The van der Waals surface area contributed by atoms with Crippen molar-refractivity contribution in [3.8, 4) is 0 Å². The number of amides is 2. The molecule has 102 valence electrons. The zero-order valence-electron chi connectivity index (χ0n) is 11.3. The number of hydrogen-bond donors (Lipinski definition) is 2. The standard InChI is InChI=1S/C14H19N3O2/c1-17(2)12-5-3-11(4-6-12)16-14(19)10-7-8-15-13(18)9-10/h3-6,10H,7-9H2,1-2H3,(H,15,18)(H,16,19). The third-order valence-corrected chi connectivity index (χ3v) is 3.27. The van der Waals surface area contributed by atoms with Gasteiger partial charge in [0.05, 0.1) is 0 Å². The van der Waals surface area contributed by atoms with Gasteiger partial charge in [0.1, 0.15) is 0 Å². The summed E-state index contributed by atoms with van der Waals surface area (Å²) in [6.07, 6.45) is 0.981. The minimum Gasteiger partial charge on any atom is -0.378 e. The van der Waals surface area contributed by atoms with Gasteiger partial charge in [-0.3, -0.25) is 9.59 Å². The molecule has 0 aromatic heterocycles. The van der Waals surface area contributed by atoms with E-state index in [1.165, 1.54) is 0 Å². The molecule has 0 aliphatic carbocycles. The smallest absolute Gasteiger partial charge is 0.228 e. The van der Waals surface area contributed by atoms with Crippen LogP contribution in [-0.2, 0) is 9.59 Å². The van der Waals surface area contributed by atoms with E-state index in [9.17, 15) is 9.59 Å². The van der Waals surface area contributed by atoms with Crippen LogP contribution in [0.25, 0.3) is 0 Å². The van der Waals surface area contributed by atoms with E-state index < -0.39 is 0 Å². The van der Waals surface area contributed by atoms with Gasteiger partial charge < -0.3 is 15.5 Å². The van der Waals surface area contributed by atoms with Crippen molar-refractivity contribution >= 4 is 23.2 Å². The lowest BCUT2D eigenvalue weighted by Gasteiger charge is -2.21. The second-order valence-corrected chi connectivity index (χ2v) is 4.97. The first kappa shape index (κ1) is 13.4. The highest BCUT2D eigenvalue weighted by atomic mass is 16.2. The SMILES string of the molecule is CN(C)c1ccc(NC(=O)C2CCNC(=O)C2)cc1. The lowest BCUT2D eigenvalue weighted by molar-refractivity contribution is -0.129. The molecule has 1 heterocycles. The fraction of sp³-hybridized carbons (Fsp3) is 0.429.